The Labute approximate surface area is 259 Å². The molecule has 5 aromatic rings. The highest BCUT2D eigenvalue weighted by Crippen LogP contribution is 2.44. The van der Waals surface area contributed by atoms with Gasteiger partial charge in [0.25, 0.3) is 15.9 Å². The van der Waals surface area contributed by atoms with Gasteiger partial charge in [0.1, 0.15) is 30.0 Å². The molecule has 224 valence electrons. The van der Waals surface area contributed by atoms with E-state index in [2.05, 4.69) is 4.98 Å². The number of aromatic nitrogens is 2. The maximum Gasteiger partial charge on any atom is 0.265 e. The van der Waals surface area contributed by atoms with Crippen molar-refractivity contribution in [2.75, 3.05) is 24.0 Å². The summed E-state index contributed by atoms with van der Waals surface area (Å²) in [5, 5.41) is 0.517. The fraction of sp³-hybridized carbons (Fsp3) is 0.212. The van der Waals surface area contributed by atoms with Crippen molar-refractivity contribution in [3.8, 4) is 5.75 Å². The second kappa shape index (κ2) is 11.3. The summed E-state index contributed by atoms with van der Waals surface area (Å²) in [5.74, 6) is 0.771. The monoisotopic (exact) mass is 630 g/mol. The van der Waals surface area contributed by atoms with Crippen molar-refractivity contribution >= 4 is 44.3 Å². The van der Waals surface area contributed by atoms with Gasteiger partial charge in [0.2, 0.25) is 0 Å². The zero-order chi connectivity index (χ0) is 30.4. The summed E-state index contributed by atoms with van der Waals surface area (Å²) in [6, 6.07) is 23.7. The Hall–Kier alpha value is -4.41. The van der Waals surface area contributed by atoms with Gasteiger partial charge < -0.3 is 14.6 Å². The lowest BCUT2D eigenvalue weighted by Crippen LogP contribution is -2.41. The highest BCUT2D eigenvalue weighted by atomic mass is 35.5. The molecule has 1 unspecified atom stereocenters. The number of para-hydroxylation sites is 2. The average molecular weight is 631 g/mol. The van der Waals surface area contributed by atoms with Crippen LogP contribution in [0.1, 0.15) is 46.5 Å². The van der Waals surface area contributed by atoms with Crippen molar-refractivity contribution < 1.29 is 22.3 Å². The molecule has 1 saturated heterocycles. The number of likely N-dealkylation sites (tertiary alicyclic amines) is 1. The van der Waals surface area contributed by atoms with E-state index in [1.54, 1.807) is 42.5 Å². The number of aromatic amines is 1. The molecule has 1 fully saturated rings. The van der Waals surface area contributed by atoms with E-state index in [1.807, 2.05) is 29.2 Å². The zero-order valence-corrected chi connectivity index (χ0v) is 25.1. The van der Waals surface area contributed by atoms with Gasteiger partial charge in [-0.3, -0.25) is 9.10 Å². The van der Waals surface area contributed by atoms with E-state index >= 15 is 0 Å². The Morgan fingerprint density at radius 2 is 1.68 bits per heavy atom. The topological polar surface area (TPSA) is 95.6 Å². The number of amides is 1. The van der Waals surface area contributed by atoms with Crippen molar-refractivity contribution in [2.45, 2.75) is 29.7 Å². The number of imidazole rings is 1. The standard InChI is InChI=1S/C33H28ClFN4O4S/c34-24-8-5-21(6-9-24)30-20-43-31-19-23(7-14-29(31)39(30)44(41,42)26-12-10-25(35)11-13-26)33(40)38-17-15-22(16-18-38)32-36-27-3-1-2-4-28(27)37-32/h1-14,19,22,30H,15-18,20H2,(H,36,37). The fourth-order valence-corrected chi connectivity index (χ4v) is 7.75. The van der Waals surface area contributed by atoms with E-state index in [9.17, 15) is 17.6 Å². The van der Waals surface area contributed by atoms with Crippen LogP contribution in [0.15, 0.2) is 95.9 Å². The molecule has 11 heteroatoms. The van der Waals surface area contributed by atoms with Gasteiger partial charge in [0.15, 0.2) is 0 Å². The molecule has 4 aromatic carbocycles. The summed E-state index contributed by atoms with van der Waals surface area (Å²) in [6.07, 6.45) is 1.55. The lowest BCUT2D eigenvalue weighted by atomic mass is 9.95. The average Bonchev–Trinajstić information content (AvgIpc) is 3.49. The second-order valence-corrected chi connectivity index (χ2v) is 13.3. The number of piperidine rings is 1. The third-order valence-electron chi connectivity index (χ3n) is 8.33. The molecule has 44 heavy (non-hydrogen) atoms. The van der Waals surface area contributed by atoms with Gasteiger partial charge in [-0.15, -0.1) is 0 Å². The highest BCUT2D eigenvalue weighted by molar-refractivity contribution is 7.92. The zero-order valence-electron chi connectivity index (χ0n) is 23.5. The smallest absolute Gasteiger partial charge is 0.265 e. The lowest BCUT2D eigenvalue weighted by molar-refractivity contribution is 0.0710. The molecular formula is C33H28ClFN4O4S. The number of H-pyrrole nitrogens is 1. The van der Waals surface area contributed by atoms with Crippen LogP contribution < -0.4 is 9.04 Å². The van der Waals surface area contributed by atoms with E-state index in [0.717, 1.165) is 41.8 Å². The third kappa shape index (κ3) is 5.18. The third-order valence-corrected chi connectivity index (χ3v) is 10.4. The van der Waals surface area contributed by atoms with E-state index in [4.69, 9.17) is 21.3 Å². The molecule has 2 aliphatic rings. The number of anilines is 1. The number of halogens is 2. The second-order valence-electron chi connectivity index (χ2n) is 11.0. The number of ether oxygens (including phenoxy) is 1. The van der Waals surface area contributed by atoms with Crippen LogP contribution in [0.2, 0.25) is 5.02 Å². The van der Waals surface area contributed by atoms with Gasteiger partial charge in [0.05, 0.1) is 21.6 Å². The van der Waals surface area contributed by atoms with Crippen LogP contribution in [-0.2, 0) is 10.0 Å². The molecule has 1 aromatic heterocycles. The number of nitrogens with one attached hydrogen (secondary N) is 1. The molecule has 1 N–H and O–H groups in total. The Morgan fingerprint density at radius 1 is 0.955 bits per heavy atom. The van der Waals surface area contributed by atoms with Crippen LogP contribution in [-0.4, -0.2) is 48.9 Å². The molecule has 0 aliphatic carbocycles. The van der Waals surface area contributed by atoms with Crippen LogP contribution in [0, 0.1) is 5.82 Å². The first-order valence-corrected chi connectivity index (χ1v) is 16.2. The normalized spacial score (nSPS) is 17.4. The Kier molecular flexibility index (Phi) is 7.26. The molecule has 0 spiro atoms. The maximum absolute atomic E-state index is 14.0. The molecule has 7 rings (SSSR count). The van der Waals surface area contributed by atoms with E-state index < -0.39 is 21.9 Å². The Morgan fingerprint density at radius 3 is 2.41 bits per heavy atom. The van der Waals surface area contributed by atoms with Crippen molar-refractivity contribution in [2.24, 2.45) is 0 Å². The van der Waals surface area contributed by atoms with Crippen LogP contribution in [0.3, 0.4) is 0 Å². The number of nitrogens with zero attached hydrogens (tertiary/aromatic N) is 3. The quantitative estimate of drug-likeness (QED) is 0.233. The molecule has 0 radical (unpaired) electrons. The highest BCUT2D eigenvalue weighted by Gasteiger charge is 2.39. The minimum Gasteiger partial charge on any atom is -0.489 e. The molecule has 1 atom stereocenters. The van der Waals surface area contributed by atoms with Crippen LogP contribution in [0.5, 0.6) is 5.75 Å². The van der Waals surface area contributed by atoms with Crippen molar-refractivity contribution in [3.05, 3.63) is 119 Å². The van der Waals surface area contributed by atoms with E-state index in [1.165, 1.54) is 16.4 Å². The first-order valence-electron chi connectivity index (χ1n) is 14.3. The summed E-state index contributed by atoms with van der Waals surface area (Å²) < 4.78 is 49.1. The maximum atomic E-state index is 14.0. The number of rotatable bonds is 5. The molecule has 8 nitrogen and oxygen atoms in total. The van der Waals surface area contributed by atoms with Gasteiger partial charge in [-0.25, -0.2) is 17.8 Å². The fourth-order valence-electron chi connectivity index (χ4n) is 5.99. The number of hydrogen-bond acceptors (Lipinski definition) is 5. The Balaban J connectivity index is 1.15. The van der Waals surface area contributed by atoms with Gasteiger partial charge >= 0.3 is 0 Å². The van der Waals surface area contributed by atoms with Gasteiger partial charge in [0, 0.05) is 29.6 Å². The molecular weight excluding hydrogens is 603 g/mol. The summed E-state index contributed by atoms with van der Waals surface area (Å²) in [7, 11) is -4.15. The molecule has 0 bridgehead atoms. The van der Waals surface area contributed by atoms with Gasteiger partial charge in [-0.1, -0.05) is 35.9 Å². The number of fused-ring (bicyclic) bond motifs is 2. The molecule has 2 aliphatic heterocycles. The van der Waals surface area contributed by atoms with E-state index in [0.29, 0.717) is 34.9 Å². The first-order chi connectivity index (χ1) is 21.3. The van der Waals surface area contributed by atoms with Crippen LogP contribution >= 0.6 is 11.6 Å². The molecule has 3 heterocycles. The summed E-state index contributed by atoms with van der Waals surface area (Å²) in [5.41, 5.74) is 3.32. The first kappa shape index (κ1) is 28.4. The predicted molar refractivity (Wildman–Crippen MR) is 166 cm³/mol. The van der Waals surface area contributed by atoms with Crippen LogP contribution in [0.4, 0.5) is 10.1 Å². The van der Waals surface area contributed by atoms with E-state index in [-0.39, 0.29) is 29.1 Å². The number of benzene rings is 4. The summed E-state index contributed by atoms with van der Waals surface area (Å²) >= 11 is 6.10. The number of sulfonamides is 1. The van der Waals surface area contributed by atoms with Crippen LogP contribution in [0.25, 0.3) is 11.0 Å². The number of hydrogen-bond donors (Lipinski definition) is 1. The predicted octanol–water partition coefficient (Wildman–Crippen LogP) is 6.70. The largest absolute Gasteiger partial charge is 0.489 e. The van der Waals surface area contributed by atoms with Crippen molar-refractivity contribution in [1.29, 1.82) is 0 Å². The minimum atomic E-state index is -4.15. The molecule has 1 amide bonds. The number of carbonyl (C=O) groups excluding carboxylic acids is 1. The summed E-state index contributed by atoms with van der Waals surface area (Å²) in [4.78, 5) is 23.5. The number of carbonyl (C=O) groups is 1. The van der Waals surface area contributed by atoms with Gasteiger partial charge in [-0.05, 0) is 85.1 Å². The van der Waals surface area contributed by atoms with Gasteiger partial charge in [-0.2, -0.15) is 0 Å². The summed E-state index contributed by atoms with van der Waals surface area (Å²) in [6.45, 7) is 1.15. The minimum absolute atomic E-state index is 0.00952. The Bertz CT molecular complexity index is 1920. The molecule has 0 saturated carbocycles. The SMILES string of the molecule is O=C(c1ccc2c(c1)OCC(c1ccc(Cl)cc1)N2S(=O)(=O)c1ccc(F)cc1)N1CCC(c2nc3ccccc3[nH]2)CC1. The van der Waals surface area contributed by atoms with Crippen molar-refractivity contribution in [3.63, 3.8) is 0 Å². The lowest BCUT2D eigenvalue weighted by Gasteiger charge is -2.38. The van der Waals surface area contributed by atoms with Crippen molar-refractivity contribution in [1.82, 2.24) is 14.9 Å².